The normalized spacial score (nSPS) is 14.0. The van der Waals surface area contributed by atoms with Gasteiger partial charge in [0.2, 0.25) is 11.8 Å². The van der Waals surface area contributed by atoms with Crippen molar-refractivity contribution < 1.29 is 61.7 Å². The average molecular weight is 1450 g/mol. The Hall–Kier alpha value is -7.23. The van der Waals surface area contributed by atoms with Crippen molar-refractivity contribution in [3.05, 3.63) is 71.5 Å². The van der Waals surface area contributed by atoms with Crippen molar-refractivity contribution in [1.82, 2.24) is 36.6 Å². The Morgan fingerprint density at radius 3 is 1.59 bits per heavy atom. The maximum Gasteiger partial charge on any atom is 0.407 e. The fraction of sp³-hybridized carbons (Fsp3) is 0.720. The van der Waals surface area contributed by atoms with Gasteiger partial charge in [0.25, 0.3) is 17.7 Å². The van der Waals surface area contributed by atoms with E-state index in [9.17, 15) is 28.8 Å². The molecule has 6 amide bonds. The zero-order chi connectivity index (χ0) is 76.2. The summed E-state index contributed by atoms with van der Waals surface area (Å²) in [5.74, 6) is 1.95. The molecule has 5 N–H and O–H groups in total. The van der Waals surface area contributed by atoms with E-state index < -0.39 is 29.0 Å². The molecule has 1 atom stereocenters. The van der Waals surface area contributed by atoms with Crippen molar-refractivity contribution in [2.24, 2.45) is 17.3 Å². The van der Waals surface area contributed by atoms with Gasteiger partial charge in [0.05, 0.1) is 51.5 Å². The summed E-state index contributed by atoms with van der Waals surface area (Å²) in [6.45, 7) is 26.7. The van der Waals surface area contributed by atoms with E-state index in [1.54, 1.807) is 61.9 Å². The van der Waals surface area contributed by atoms with Crippen molar-refractivity contribution in [3.8, 4) is 11.6 Å². The fourth-order valence-corrected chi connectivity index (χ4v) is 13.4. The number of carbonyl (C=O) groups is 7. The largest absolute Gasteiger partial charge is 0.497 e. The van der Waals surface area contributed by atoms with Crippen molar-refractivity contribution >= 4 is 53.3 Å². The molecule has 1 aliphatic heterocycles. The Balaban J connectivity index is 0.909. The molecule has 2 fully saturated rings. The summed E-state index contributed by atoms with van der Waals surface area (Å²) in [4.78, 5) is 105. The smallest absolute Gasteiger partial charge is 0.407 e. The number of nitrogens with one attached hydrogen (secondary N) is 5. The van der Waals surface area contributed by atoms with Gasteiger partial charge in [-0.3, -0.25) is 28.9 Å². The van der Waals surface area contributed by atoms with Crippen molar-refractivity contribution in [2.75, 3.05) is 103 Å². The lowest BCUT2D eigenvalue weighted by Crippen LogP contribution is -2.57. The number of benzene rings is 1. The predicted octanol–water partition coefficient (Wildman–Crippen LogP) is 15.0. The molecule has 1 saturated carbocycles. The first-order valence-electron chi connectivity index (χ1n) is 39.3. The van der Waals surface area contributed by atoms with Gasteiger partial charge >= 0.3 is 18.2 Å². The number of piperidine rings is 1. The topological polar surface area (TPSA) is 258 Å². The number of nitrogens with zero attached hydrogens (tertiary/aromatic N) is 5. The summed E-state index contributed by atoms with van der Waals surface area (Å²) in [6, 6.07) is 15.8. The van der Waals surface area contributed by atoms with E-state index in [2.05, 4.69) is 50.3 Å². The maximum atomic E-state index is 15.1. The molecular formula is C82H135N10O12+. The van der Waals surface area contributed by atoms with Gasteiger partial charge in [-0.05, 0) is 167 Å². The van der Waals surface area contributed by atoms with Gasteiger partial charge in [-0.1, -0.05) is 135 Å². The third kappa shape index (κ3) is 37.1. The Morgan fingerprint density at radius 2 is 1.09 bits per heavy atom. The van der Waals surface area contributed by atoms with E-state index >= 15 is 4.79 Å². The van der Waals surface area contributed by atoms with E-state index in [1.807, 2.05) is 81.1 Å². The minimum absolute atomic E-state index is 0.0294. The molecule has 3 heterocycles. The molecule has 2 aliphatic rings. The fourth-order valence-electron chi connectivity index (χ4n) is 13.4. The van der Waals surface area contributed by atoms with Gasteiger partial charge in [0.15, 0.2) is 13.1 Å². The first-order chi connectivity index (χ1) is 49.3. The van der Waals surface area contributed by atoms with E-state index in [0.29, 0.717) is 67.4 Å². The van der Waals surface area contributed by atoms with Crippen molar-refractivity contribution in [3.63, 3.8) is 0 Å². The second kappa shape index (κ2) is 44.7. The first-order valence-corrected chi connectivity index (χ1v) is 39.3. The van der Waals surface area contributed by atoms with Crippen LogP contribution in [0, 0.1) is 24.2 Å². The number of anilines is 2. The summed E-state index contributed by atoms with van der Waals surface area (Å²) in [5, 5.41) is 13.8. The van der Waals surface area contributed by atoms with Gasteiger partial charge in [-0.25, -0.2) is 19.6 Å². The lowest BCUT2D eigenvalue weighted by Gasteiger charge is -2.36. The van der Waals surface area contributed by atoms with Crippen LogP contribution in [0.2, 0.25) is 0 Å². The highest BCUT2D eigenvalue weighted by molar-refractivity contribution is 6.09. The maximum absolute atomic E-state index is 15.1. The van der Waals surface area contributed by atoms with E-state index in [0.717, 1.165) is 87.8 Å². The molecule has 0 radical (unpaired) electrons. The van der Waals surface area contributed by atoms with Crippen molar-refractivity contribution in [2.45, 2.75) is 273 Å². The summed E-state index contributed by atoms with van der Waals surface area (Å²) < 4.78 is 28.3. The lowest BCUT2D eigenvalue weighted by molar-refractivity contribution is -0.893. The number of amides is 6. The van der Waals surface area contributed by atoms with E-state index in [-0.39, 0.29) is 91.2 Å². The monoisotopic (exact) mass is 1450 g/mol. The van der Waals surface area contributed by atoms with Crippen LogP contribution in [0.3, 0.4) is 0 Å². The van der Waals surface area contributed by atoms with Crippen LogP contribution in [0.1, 0.15) is 271 Å². The van der Waals surface area contributed by atoms with E-state index in [4.69, 9.17) is 28.7 Å². The molecule has 5 rings (SSSR count). The number of alkyl carbamates (subject to hydrolysis) is 2. The second-order valence-electron chi connectivity index (χ2n) is 33.3. The zero-order valence-electron chi connectivity index (χ0n) is 66.4. The predicted molar refractivity (Wildman–Crippen MR) is 413 cm³/mol. The molecule has 584 valence electrons. The number of ether oxygens (including phenoxy) is 5. The second-order valence-corrected chi connectivity index (χ2v) is 33.3. The van der Waals surface area contributed by atoms with Crippen LogP contribution < -0.4 is 45.9 Å². The van der Waals surface area contributed by atoms with Crippen LogP contribution >= 0.6 is 0 Å². The molecule has 3 aromatic rings. The molecule has 22 nitrogen and oxygen atoms in total. The number of pyridine rings is 2. The summed E-state index contributed by atoms with van der Waals surface area (Å²) in [5.41, 5.74) is 1.51. The third-order valence-corrected chi connectivity index (χ3v) is 19.0. The highest BCUT2D eigenvalue weighted by Gasteiger charge is 2.37. The molecule has 0 bridgehead atoms. The number of esters is 1. The number of aromatic nitrogens is 2. The molecule has 104 heavy (non-hydrogen) atoms. The van der Waals surface area contributed by atoms with Gasteiger partial charge in [-0.15, -0.1) is 0 Å². The van der Waals surface area contributed by atoms with E-state index in [1.165, 1.54) is 96.3 Å². The molecule has 2 aromatic heterocycles. The number of quaternary nitrogens is 1. The van der Waals surface area contributed by atoms with Crippen LogP contribution in [-0.4, -0.2) is 166 Å². The Labute approximate surface area is 624 Å². The minimum atomic E-state index is -0.646. The van der Waals surface area contributed by atoms with Crippen LogP contribution in [0.15, 0.2) is 54.7 Å². The van der Waals surface area contributed by atoms with Crippen LogP contribution in [0.25, 0.3) is 0 Å². The quantitative estimate of drug-likeness (QED) is 0.0152. The van der Waals surface area contributed by atoms with Crippen LogP contribution in [-0.2, 0) is 33.4 Å². The Kier molecular flexibility index (Phi) is 37.5. The van der Waals surface area contributed by atoms with Gasteiger partial charge in [0, 0.05) is 76.3 Å². The number of hydrogen-bond donors (Lipinski definition) is 5. The third-order valence-electron chi connectivity index (χ3n) is 19.0. The van der Waals surface area contributed by atoms with Crippen LogP contribution in [0.5, 0.6) is 11.6 Å². The SMILES string of the molecule is COc1ccc(C(=O)N(CC(C)(C)CCCCCCCCCCCCCCCCCCCCCC(=O)NCC[N+](C)(CC(=O)NCCNC(=O)OC(C)(C)C)CC(=O)NCCNC(=O)OC(C)(C)C)c2cccc(C)n2)c(N2CCC(COc3cc([C@@H](CC(=O)OC(C)(C)C)C4CC4)ccn3)CC2)c1. The Bertz CT molecular complexity index is 3040. The molecule has 0 unspecified atom stereocenters. The summed E-state index contributed by atoms with van der Waals surface area (Å²) in [7, 11) is 3.46. The Morgan fingerprint density at radius 1 is 0.587 bits per heavy atom. The molecular weight excluding hydrogens is 1320 g/mol. The molecule has 1 aromatic carbocycles. The number of rotatable bonds is 48. The average Bonchev–Trinajstić information content (AvgIpc) is 1.01. The zero-order valence-corrected chi connectivity index (χ0v) is 66.4. The van der Waals surface area contributed by atoms with Gasteiger partial charge < -0.3 is 59.7 Å². The van der Waals surface area contributed by atoms with Gasteiger partial charge in [-0.2, -0.15) is 0 Å². The number of carbonyl (C=O) groups excluding carboxylic acids is 7. The summed E-state index contributed by atoms with van der Waals surface area (Å²) in [6.07, 6.45) is 29.5. The number of likely N-dealkylation sites (N-methyl/N-ethyl adjacent to an activating group) is 1. The van der Waals surface area contributed by atoms with Gasteiger partial charge in [0.1, 0.15) is 28.4 Å². The number of unbranched alkanes of at least 4 members (excludes halogenated alkanes) is 18. The minimum Gasteiger partial charge on any atom is -0.497 e. The van der Waals surface area contributed by atoms with Crippen molar-refractivity contribution in [1.29, 1.82) is 0 Å². The molecule has 22 heteroatoms. The molecule has 1 saturated heterocycles. The molecule has 0 spiro atoms. The van der Waals surface area contributed by atoms with Crippen LogP contribution in [0.4, 0.5) is 21.1 Å². The standard InChI is InChI=1S/C82H134N10O12/c1-62-35-34-36-70(89-62)91(76(97)67-41-40-66(100-14)56-69(67)90-52-43-63(44-53-90)60-101-74-55-65(42-46-86-74)68(64-38-39-64)57-75(96)102-79(2,3)4)61-82(11,12)45-33-31-29-27-25-23-21-19-17-15-16-18-20-22-24-26-28-30-32-37-71(93)85-51-54-92(13,58-72(94)83-47-49-87-77(98)103-80(5,6)7)59-73(95)84-48-50-88-78(99)104-81(8,9)10/h34-36,40-42,46,55-56,63-64,68H,15-33,37-39,43-45,47-54,57-61H2,1-14H3,(H4-,83,84,85,87,88,93,94,95,98,99)/p+1/t68-/m0/s1. The number of aryl methyl sites for hydroxylation is 1. The number of hydrogen-bond acceptors (Lipinski definition) is 15. The highest BCUT2D eigenvalue weighted by atomic mass is 16.6. The summed E-state index contributed by atoms with van der Waals surface area (Å²) >= 11 is 0. The first kappa shape index (κ1) is 87.4. The number of methoxy groups -OCH3 is 1. The highest BCUT2D eigenvalue weighted by Crippen LogP contribution is 2.45. The lowest BCUT2D eigenvalue weighted by atomic mass is 9.85. The molecule has 1 aliphatic carbocycles.